The fourth-order valence-electron chi connectivity index (χ4n) is 4.91. The molecule has 0 atom stereocenters. The molecule has 178 valence electrons. The van der Waals surface area contributed by atoms with E-state index in [1.165, 1.54) is 19.9 Å². The predicted molar refractivity (Wildman–Crippen MR) is 133 cm³/mol. The van der Waals surface area contributed by atoms with Gasteiger partial charge in [0.25, 0.3) is 0 Å². The van der Waals surface area contributed by atoms with Crippen molar-refractivity contribution >= 4 is 39.6 Å². The number of carbonyl (C=O) groups excluding carboxylic acids is 2. The molecule has 6 rings (SSSR count). The van der Waals surface area contributed by atoms with E-state index in [1.54, 1.807) is 36.7 Å². The summed E-state index contributed by atoms with van der Waals surface area (Å²) in [6, 6.07) is 12.6. The van der Waals surface area contributed by atoms with Crippen LogP contribution in [-0.4, -0.2) is 21.1 Å². The van der Waals surface area contributed by atoms with Gasteiger partial charge >= 0.3 is 0 Å². The van der Waals surface area contributed by atoms with E-state index in [-0.39, 0.29) is 56.7 Å². The topological polar surface area (TPSA) is 65.1 Å². The van der Waals surface area contributed by atoms with Crippen molar-refractivity contribution in [3.63, 3.8) is 0 Å². The molecule has 0 aliphatic heterocycles. The zero-order chi connectivity index (χ0) is 25.5. The highest BCUT2D eigenvalue weighted by Gasteiger charge is 2.34. The lowest BCUT2D eigenvalue weighted by molar-refractivity contribution is 0.0990. The smallest absolute Gasteiger partial charge is 0.245 e. The molecule has 0 fully saturated rings. The molecule has 2 aromatic heterocycles. The molecule has 0 spiro atoms. The van der Waals surface area contributed by atoms with E-state index in [9.17, 15) is 14.0 Å². The van der Waals surface area contributed by atoms with Crippen molar-refractivity contribution < 1.29 is 22.8 Å². The van der Waals surface area contributed by atoms with Crippen LogP contribution in [0.1, 0.15) is 43.2 Å². The molecule has 0 saturated carbocycles. The first kappa shape index (κ1) is 22.1. The van der Waals surface area contributed by atoms with Gasteiger partial charge in [0.1, 0.15) is 28.7 Å². The number of imidazole rings is 1. The number of aryl methyl sites for hydroxylation is 1. The highest BCUT2D eigenvalue weighted by Crippen LogP contribution is 2.36. The van der Waals surface area contributed by atoms with E-state index in [4.69, 9.17) is 4.42 Å². The van der Waals surface area contributed by atoms with E-state index >= 15 is 4.39 Å². The van der Waals surface area contributed by atoms with E-state index < -0.39 is 11.6 Å². The van der Waals surface area contributed by atoms with Gasteiger partial charge in [0.05, 0.1) is 11.1 Å². The van der Waals surface area contributed by atoms with Crippen LogP contribution in [0, 0.1) is 32.4 Å². The standard InChI is InChI=1S/C29H20F2N2O3/c1-13-14(2)25(31)23(15(3)24(13)30)28-32-29-22(33(28)4)12-18(36-29)11-21-26(34)19-9-16-7-5-6-8-17(16)10-20(19)27(21)35/h5-12H,1-4H3. The van der Waals surface area contributed by atoms with Crippen molar-refractivity contribution in [3.05, 3.63) is 93.2 Å². The molecule has 5 aromatic rings. The molecule has 36 heavy (non-hydrogen) atoms. The molecular weight excluding hydrogens is 462 g/mol. The summed E-state index contributed by atoms with van der Waals surface area (Å²) in [6.07, 6.45) is 1.41. The summed E-state index contributed by atoms with van der Waals surface area (Å²) in [5, 5.41) is 1.76. The van der Waals surface area contributed by atoms with Crippen LogP contribution in [0.2, 0.25) is 0 Å². The third-order valence-corrected chi connectivity index (χ3v) is 7.12. The molecule has 1 aliphatic rings. The fourth-order valence-corrected chi connectivity index (χ4v) is 4.91. The molecule has 1 aliphatic carbocycles. The number of carbonyl (C=O) groups is 2. The van der Waals surface area contributed by atoms with Crippen molar-refractivity contribution in [1.29, 1.82) is 0 Å². The van der Waals surface area contributed by atoms with Crippen LogP contribution >= 0.6 is 0 Å². The minimum absolute atomic E-state index is 0.0118. The number of fused-ring (bicyclic) bond motifs is 3. The zero-order valence-corrected chi connectivity index (χ0v) is 20.0. The number of hydrogen-bond acceptors (Lipinski definition) is 4. The Morgan fingerprint density at radius 3 is 2.03 bits per heavy atom. The van der Waals surface area contributed by atoms with E-state index in [0.29, 0.717) is 16.6 Å². The van der Waals surface area contributed by atoms with Gasteiger partial charge < -0.3 is 8.98 Å². The maximum Gasteiger partial charge on any atom is 0.245 e. The fraction of sp³-hybridized carbons (Fsp3) is 0.138. The number of halogens is 2. The Kier molecular flexibility index (Phi) is 4.64. The average molecular weight is 482 g/mol. The van der Waals surface area contributed by atoms with Crippen molar-refractivity contribution in [2.24, 2.45) is 7.05 Å². The largest absolute Gasteiger partial charge is 0.437 e. The van der Waals surface area contributed by atoms with Gasteiger partial charge in [-0.2, -0.15) is 4.98 Å². The molecule has 0 bridgehead atoms. The summed E-state index contributed by atoms with van der Waals surface area (Å²) in [4.78, 5) is 30.5. The normalized spacial score (nSPS) is 13.3. The summed E-state index contributed by atoms with van der Waals surface area (Å²) in [6.45, 7) is 4.59. The lowest BCUT2D eigenvalue weighted by atomic mass is 9.98. The van der Waals surface area contributed by atoms with Crippen molar-refractivity contribution in [3.8, 4) is 11.4 Å². The van der Waals surface area contributed by atoms with Crippen LogP contribution in [0.25, 0.3) is 39.5 Å². The third-order valence-electron chi connectivity index (χ3n) is 7.12. The molecule has 0 saturated heterocycles. The summed E-state index contributed by atoms with van der Waals surface area (Å²) < 4.78 is 37.3. The van der Waals surface area contributed by atoms with E-state index in [0.717, 1.165) is 10.8 Å². The minimum Gasteiger partial charge on any atom is -0.437 e. The van der Waals surface area contributed by atoms with Gasteiger partial charge in [-0.25, -0.2) is 8.78 Å². The van der Waals surface area contributed by atoms with Gasteiger partial charge in [0, 0.05) is 24.2 Å². The predicted octanol–water partition coefficient (Wildman–Crippen LogP) is 6.65. The minimum atomic E-state index is -0.531. The van der Waals surface area contributed by atoms with Crippen LogP contribution in [0.5, 0.6) is 0 Å². The maximum absolute atomic E-state index is 15.1. The number of Topliss-reactive ketones (excluding diaryl/α,β-unsaturated/α-hetero) is 2. The van der Waals surface area contributed by atoms with Crippen molar-refractivity contribution in [2.75, 3.05) is 0 Å². The molecule has 0 amide bonds. The average Bonchev–Trinajstić information content (AvgIpc) is 3.48. The second-order valence-corrected chi connectivity index (χ2v) is 9.17. The summed E-state index contributed by atoms with van der Waals surface area (Å²) in [5.41, 5.74) is 2.19. The van der Waals surface area contributed by atoms with Gasteiger partial charge in [0.15, 0.2) is 11.6 Å². The number of ketones is 2. The Morgan fingerprint density at radius 1 is 0.861 bits per heavy atom. The Labute approximate surface area is 204 Å². The quantitative estimate of drug-likeness (QED) is 0.209. The van der Waals surface area contributed by atoms with Crippen LogP contribution in [0.15, 0.2) is 52.5 Å². The molecule has 0 unspecified atom stereocenters. The molecule has 0 N–H and O–H groups in total. The molecule has 5 nitrogen and oxygen atoms in total. The second kappa shape index (κ2) is 7.55. The highest BCUT2D eigenvalue weighted by atomic mass is 19.1. The third kappa shape index (κ3) is 2.95. The monoisotopic (exact) mass is 482 g/mol. The van der Waals surface area contributed by atoms with Gasteiger partial charge in [-0.15, -0.1) is 0 Å². The number of allylic oxidation sites excluding steroid dienone is 1. The van der Waals surface area contributed by atoms with Gasteiger partial charge in [-0.1, -0.05) is 24.3 Å². The second-order valence-electron chi connectivity index (χ2n) is 9.17. The van der Waals surface area contributed by atoms with Crippen LogP contribution in [-0.2, 0) is 7.05 Å². The molecule has 7 heteroatoms. The zero-order valence-electron chi connectivity index (χ0n) is 20.0. The van der Waals surface area contributed by atoms with Crippen LogP contribution < -0.4 is 0 Å². The van der Waals surface area contributed by atoms with Crippen molar-refractivity contribution in [2.45, 2.75) is 20.8 Å². The number of hydrogen-bond donors (Lipinski definition) is 0. The van der Waals surface area contributed by atoms with Gasteiger partial charge in [0.2, 0.25) is 5.71 Å². The Morgan fingerprint density at radius 2 is 1.44 bits per heavy atom. The number of aromatic nitrogens is 2. The Hall–Kier alpha value is -4.39. The highest BCUT2D eigenvalue weighted by molar-refractivity contribution is 6.42. The van der Waals surface area contributed by atoms with E-state index in [1.807, 2.05) is 24.3 Å². The van der Waals surface area contributed by atoms with E-state index in [2.05, 4.69) is 4.98 Å². The van der Waals surface area contributed by atoms with Crippen molar-refractivity contribution in [1.82, 2.24) is 9.55 Å². The van der Waals surface area contributed by atoms with Gasteiger partial charge in [-0.05, 0) is 66.4 Å². The number of benzene rings is 3. The lowest BCUT2D eigenvalue weighted by Gasteiger charge is -2.13. The summed E-state index contributed by atoms with van der Waals surface area (Å²) in [5.74, 6) is -1.23. The SMILES string of the molecule is Cc1c(C)c(F)c(-c2nc3oc(C=C4C(=O)c5cc6ccccc6cc5C4=O)cc3n2C)c(C)c1F. The Bertz CT molecular complexity index is 1750. The lowest BCUT2D eigenvalue weighted by Crippen LogP contribution is -2.04. The first-order valence-corrected chi connectivity index (χ1v) is 11.4. The molecule has 3 aromatic carbocycles. The summed E-state index contributed by atoms with van der Waals surface area (Å²) in [7, 11) is 1.68. The first-order valence-electron chi connectivity index (χ1n) is 11.4. The number of nitrogens with zero attached hydrogens (tertiary/aromatic N) is 2. The number of rotatable bonds is 2. The molecule has 2 heterocycles. The molecule has 0 radical (unpaired) electrons. The number of furan rings is 1. The summed E-state index contributed by atoms with van der Waals surface area (Å²) >= 11 is 0. The van der Waals surface area contributed by atoms with Gasteiger partial charge in [-0.3, -0.25) is 9.59 Å². The first-order chi connectivity index (χ1) is 17.2. The Balaban J connectivity index is 1.43. The maximum atomic E-state index is 15.1. The van der Waals surface area contributed by atoms with Crippen LogP contribution in [0.3, 0.4) is 0 Å². The van der Waals surface area contributed by atoms with Crippen LogP contribution in [0.4, 0.5) is 8.78 Å². The molecular formula is C29H20F2N2O3.